The van der Waals surface area contributed by atoms with Crippen molar-refractivity contribution in [3.05, 3.63) is 23.8 Å². The topological polar surface area (TPSA) is 44.5 Å². The van der Waals surface area contributed by atoms with Gasteiger partial charge in [-0.3, -0.25) is 0 Å². The zero-order chi connectivity index (χ0) is 14.4. The normalized spacial score (nSPS) is 13.0. The van der Waals surface area contributed by atoms with E-state index in [2.05, 4.69) is 33.0 Å². The summed E-state index contributed by atoms with van der Waals surface area (Å²) >= 11 is 0. The monoisotopic (exact) mass is 280 g/mol. The molecule has 2 N–H and O–H groups in total. The molecular weight excluding hydrogens is 254 g/mol. The van der Waals surface area contributed by atoms with E-state index in [1.807, 2.05) is 12.1 Å². The third-order valence-electron chi connectivity index (χ3n) is 3.07. The molecule has 1 aromatic rings. The van der Waals surface area contributed by atoms with Crippen molar-refractivity contribution >= 4 is 14.5 Å². The van der Waals surface area contributed by atoms with Gasteiger partial charge in [0.2, 0.25) is 0 Å². The standard InChI is InChI=1S/C15H26NO2Si/c1-11(2)18-15(19(4)5)9-7-12-6-8-13(16)14(10-12)17-3/h6,8,10-11,15H,7,9,16H2,1-5H3. The smallest absolute Gasteiger partial charge is 0.142 e. The van der Waals surface area contributed by atoms with E-state index in [-0.39, 0.29) is 0 Å². The first kappa shape index (κ1) is 16.1. The number of benzene rings is 1. The third-order valence-corrected chi connectivity index (χ3v) is 4.79. The van der Waals surface area contributed by atoms with Gasteiger partial charge >= 0.3 is 0 Å². The molecule has 0 heterocycles. The van der Waals surface area contributed by atoms with Gasteiger partial charge in [-0.2, -0.15) is 0 Å². The average Bonchev–Trinajstić information content (AvgIpc) is 2.35. The van der Waals surface area contributed by atoms with Crippen molar-refractivity contribution in [2.24, 2.45) is 0 Å². The summed E-state index contributed by atoms with van der Waals surface area (Å²) in [7, 11) is 1.21. The number of nitrogens with two attached hydrogens (primary N) is 1. The fourth-order valence-corrected chi connectivity index (χ4v) is 3.30. The average molecular weight is 280 g/mol. The summed E-state index contributed by atoms with van der Waals surface area (Å²) in [6.07, 6.45) is 2.36. The first-order valence-corrected chi connectivity index (χ1v) is 9.39. The molecule has 0 saturated carbocycles. The molecule has 1 rings (SSSR count). The summed E-state index contributed by atoms with van der Waals surface area (Å²) in [4.78, 5) is 0. The van der Waals surface area contributed by atoms with Crippen molar-refractivity contribution < 1.29 is 9.47 Å². The molecule has 107 valence electrons. The lowest BCUT2D eigenvalue weighted by molar-refractivity contribution is 0.0465. The van der Waals surface area contributed by atoms with Crippen molar-refractivity contribution in [1.82, 2.24) is 0 Å². The lowest BCUT2D eigenvalue weighted by Gasteiger charge is -2.23. The Morgan fingerprint density at radius 2 is 1.95 bits per heavy atom. The molecular formula is C15H26NO2Si. The van der Waals surface area contributed by atoms with Gasteiger partial charge in [-0.15, -0.1) is 0 Å². The Balaban J connectivity index is 2.63. The van der Waals surface area contributed by atoms with Crippen LogP contribution in [0.15, 0.2) is 18.2 Å². The van der Waals surface area contributed by atoms with Gasteiger partial charge in [0.25, 0.3) is 0 Å². The predicted molar refractivity (Wildman–Crippen MR) is 83.2 cm³/mol. The second-order valence-electron chi connectivity index (χ2n) is 5.37. The molecule has 0 fully saturated rings. The van der Waals surface area contributed by atoms with Gasteiger partial charge in [-0.25, -0.2) is 0 Å². The molecule has 0 aromatic heterocycles. The molecule has 0 aliphatic carbocycles. The van der Waals surface area contributed by atoms with E-state index in [1.54, 1.807) is 7.11 Å². The number of anilines is 1. The highest BCUT2D eigenvalue weighted by molar-refractivity contribution is 6.57. The van der Waals surface area contributed by atoms with Crippen LogP contribution in [0.4, 0.5) is 5.69 Å². The van der Waals surface area contributed by atoms with E-state index in [4.69, 9.17) is 15.2 Å². The molecule has 1 unspecified atom stereocenters. The first-order chi connectivity index (χ1) is 8.93. The SMILES string of the molecule is COc1cc(CCC(OC(C)C)[Si](C)C)ccc1N. The molecule has 1 atom stereocenters. The second-order valence-corrected chi connectivity index (χ2v) is 8.16. The van der Waals surface area contributed by atoms with Crippen molar-refractivity contribution in [3.8, 4) is 5.75 Å². The van der Waals surface area contributed by atoms with Gasteiger partial charge in [0.1, 0.15) is 5.75 Å². The lowest BCUT2D eigenvalue weighted by atomic mass is 10.1. The van der Waals surface area contributed by atoms with Gasteiger partial charge in [-0.05, 0) is 44.4 Å². The van der Waals surface area contributed by atoms with Crippen molar-refractivity contribution in [1.29, 1.82) is 0 Å². The zero-order valence-electron chi connectivity index (χ0n) is 12.7. The summed E-state index contributed by atoms with van der Waals surface area (Å²) in [5, 5.41) is 0. The Bertz CT molecular complexity index is 394. The fourth-order valence-electron chi connectivity index (χ4n) is 2.03. The molecule has 0 spiro atoms. The Morgan fingerprint density at radius 1 is 1.26 bits per heavy atom. The number of rotatable bonds is 7. The minimum Gasteiger partial charge on any atom is -0.495 e. The molecule has 0 amide bonds. The van der Waals surface area contributed by atoms with Crippen LogP contribution in [0, 0.1) is 0 Å². The molecule has 0 bridgehead atoms. The largest absolute Gasteiger partial charge is 0.495 e. The minimum absolute atomic E-state index is 0.297. The number of methoxy groups -OCH3 is 1. The Hall–Kier alpha value is -1.00. The highest BCUT2D eigenvalue weighted by Gasteiger charge is 2.17. The molecule has 1 aromatic carbocycles. The van der Waals surface area contributed by atoms with Crippen LogP contribution < -0.4 is 10.5 Å². The highest BCUT2D eigenvalue weighted by Crippen LogP contribution is 2.23. The van der Waals surface area contributed by atoms with Crippen LogP contribution in [-0.4, -0.2) is 27.7 Å². The lowest BCUT2D eigenvalue weighted by Crippen LogP contribution is -2.31. The van der Waals surface area contributed by atoms with E-state index in [1.165, 1.54) is 5.56 Å². The molecule has 3 nitrogen and oxygen atoms in total. The third kappa shape index (κ3) is 5.24. The van der Waals surface area contributed by atoms with Crippen LogP contribution in [0.25, 0.3) is 0 Å². The van der Waals surface area contributed by atoms with E-state index in [9.17, 15) is 0 Å². The summed E-state index contributed by atoms with van der Waals surface area (Å²) in [5.41, 5.74) is 8.17. The molecule has 0 aliphatic heterocycles. The van der Waals surface area contributed by atoms with Crippen molar-refractivity contribution in [3.63, 3.8) is 0 Å². The molecule has 0 aliphatic rings. The number of nitrogen functional groups attached to an aromatic ring is 1. The van der Waals surface area contributed by atoms with E-state index in [0.29, 0.717) is 17.5 Å². The van der Waals surface area contributed by atoms with Gasteiger partial charge in [-0.1, -0.05) is 19.2 Å². The van der Waals surface area contributed by atoms with Gasteiger partial charge in [0, 0.05) is 5.73 Å². The number of hydrogen-bond acceptors (Lipinski definition) is 3. The van der Waals surface area contributed by atoms with Crippen LogP contribution in [0.1, 0.15) is 25.8 Å². The summed E-state index contributed by atoms with van der Waals surface area (Å²) < 4.78 is 11.3. The summed E-state index contributed by atoms with van der Waals surface area (Å²) in [6.45, 7) is 8.82. The Kier molecular flexibility index (Phi) is 6.38. The molecule has 0 saturated heterocycles. The van der Waals surface area contributed by atoms with Crippen LogP contribution in [0.2, 0.25) is 13.1 Å². The minimum atomic E-state index is -0.439. The number of aryl methyl sites for hydroxylation is 1. The van der Waals surface area contributed by atoms with E-state index >= 15 is 0 Å². The maximum absolute atomic E-state index is 6.00. The first-order valence-electron chi connectivity index (χ1n) is 6.82. The zero-order valence-corrected chi connectivity index (χ0v) is 13.7. The molecule has 19 heavy (non-hydrogen) atoms. The molecule has 4 heteroatoms. The molecule has 1 radical (unpaired) electrons. The Labute approximate surface area is 118 Å². The van der Waals surface area contributed by atoms with Crippen LogP contribution in [-0.2, 0) is 11.2 Å². The summed E-state index contributed by atoms with van der Waals surface area (Å²) in [5.74, 6) is 0.761. The van der Waals surface area contributed by atoms with Crippen LogP contribution in [0.5, 0.6) is 5.75 Å². The van der Waals surface area contributed by atoms with Gasteiger partial charge in [0.15, 0.2) is 0 Å². The van der Waals surface area contributed by atoms with E-state index < -0.39 is 8.80 Å². The Morgan fingerprint density at radius 3 is 2.47 bits per heavy atom. The quantitative estimate of drug-likeness (QED) is 0.615. The van der Waals surface area contributed by atoms with Gasteiger partial charge < -0.3 is 15.2 Å². The van der Waals surface area contributed by atoms with Gasteiger partial charge in [0.05, 0.1) is 27.7 Å². The van der Waals surface area contributed by atoms with Crippen LogP contribution >= 0.6 is 0 Å². The van der Waals surface area contributed by atoms with Crippen LogP contribution in [0.3, 0.4) is 0 Å². The second kappa shape index (κ2) is 7.55. The fraction of sp³-hybridized carbons (Fsp3) is 0.600. The van der Waals surface area contributed by atoms with Crippen molar-refractivity contribution in [2.75, 3.05) is 12.8 Å². The van der Waals surface area contributed by atoms with E-state index in [0.717, 1.165) is 18.6 Å². The maximum atomic E-state index is 6.00. The maximum Gasteiger partial charge on any atom is 0.142 e. The summed E-state index contributed by atoms with van der Waals surface area (Å²) in [6, 6.07) is 6.01. The number of hydrogen-bond donors (Lipinski definition) is 1. The highest BCUT2D eigenvalue weighted by atomic mass is 28.3. The predicted octanol–water partition coefficient (Wildman–Crippen LogP) is 3.30. The number of ether oxygens (including phenoxy) is 2. The van der Waals surface area contributed by atoms with Crippen molar-refractivity contribution in [2.45, 2.75) is 51.6 Å².